The van der Waals surface area contributed by atoms with Crippen molar-refractivity contribution in [2.75, 3.05) is 13.6 Å². The third-order valence-corrected chi connectivity index (χ3v) is 2.42. The van der Waals surface area contributed by atoms with E-state index < -0.39 is 0 Å². The standard InChI is InChI=1S/C8H18N4/c1-7-5-3-4-6-12(7)8(10-2)11-9/h7H,3-6,9H2,1-2H3,(H,10,11). The number of nitrogens with zero attached hydrogens (tertiary/aromatic N) is 2. The lowest BCUT2D eigenvalue weighted by Crippen LogP contribution is -2.50. The first-order valence-electron chi connectivity index (χ1n) is 4.49. The molecule has 0 amide bonds. The molecule has 1 rings (SSSR count). The van der Waals surface area contributed by atoms with Crippen molar-refractivity contribution in [3.05, 3.63) is 0 Å². The van der Waals surface area contributed by atoms with Gasteiger partial charge in [0.2, 0.25) is 5.96 Å². The van der Waals surface area contributed by atoms with Gasteiger partial charge in [0, 0.05) is 19.6 Å². The fraction of sp³-hybridized carbons (Fsp3) is 0.875. The van der Waals surface area contributed by atoms with Crippen LogP contribution in [0.3, 0.4) is 0 Å². The maximum absolute atomic E-state index is 5.35. The summed E-state index contributed by atoms with van der Waals surface area (Å²) < 4.78 is 0. The van der Waals surface area contributed by atoms with Gasteiger partial charge in [0.15, 0.2) is 0 Å². The zero-order valence-electron chi connectivity index (χ0n) is 7.88. The van der Waals surface area contributed by atoms with Crippen molar-refractivity contribution >= 4 is 5.96 Å². The van der Waals surface area contributed by atoms with Crippen molar-refractivity contribution in [3.8, 4) is 0 Å². The highest BCUT2D eigenvalue weighted by molar-refractivity contribution is 5.79. The molecule has 1 aliphatic rings. The number of nitrogens with one attached hydrogen (secondary N) is 1. The van der Waals surface area contributed by atoms with Gasteiger partial charge in [0.1, 0.15) is 0 Å². The van der Waals surface area contributed by atoms with Crippen LogP contribution in [0.15, 0.2) is 4.99 Å². The average Bonchev–Trinajstić information content (AvgIpc) is 2.10. The molecule has 1 unspecified atom stereocenters. The molecule has 1 aliphatic heterocycles. The molecule has 1 heterocycles. The molecular weight excluding hydrogens is 152 g/mol. The first-order chi connectivity index (χ1) is 5.79. The second-order valence-corrected chi connectivity index (χ2v) is 3.23. The van der Waals surface area contributed by atoms with Gasteiger partial charge in [-0.15, -0.1) is 0 Å². The topological polar surface area (TPSA) is 53.6 Å². The van der Waals surface area contributed by atoms with Gasteiger partial charge in [0.05, 0.1) is 0 Å². The van der Waals surface area contributed by atoms with Gasteiger partial charge in [-0.1, -0.05) is 0 Å². The highest BCUT2D eigenvalue weighted by Crippen LogP contribution is 2.15. The van der Waals surface area contributed by atoms with E-state index in [-0.39, 0.29) is 0 Å². The number of likely N-dealkylation sites (tertiary alicyclic amines) is 1. The SMILES string of the molecule is CN=C(NN)N1CCCCC1C. The van der Waals surface area contributed by atoms with Crippen LogP contribution < -0.4 is 11.3 Å². The van der Waals surface area contributed by atoms with Gasteiger partial charge in [-0.3, -0.25) is 10.4 Å². The number of hydrogen-bond acceptors (Lipinski definition) is 2. The summed E-state index contributed by atoms with van der Waals surface area (Å²) in [5, 5.41) is 0. The zero-order valence-corrected chi connectivity index (χ0v) is 7.88. The van der Waals surface area contributed by atoms with Gasteiger partial charge in [-0.25, -0.2) is 5.84 Å². The Hall–Kier alpha value is -0.770. The maximum atomic E-state index is 5.35. The summed E-state index contributed by atoms with van der Waals surface area (Å²) >= 11 is 0. The number of piperidine rings is 1. The number of guanidine groups is 1. The lowest BCUT2D eigenvalue weighted by atomic mass is 10.0. The Morgan fingerprint density at radius 1 is 1.58 bits per heavy atom. The van der Waals surface area contributed by atoms with Gasteiger partial charge >= 0.3 is 0 Å². The minimum absolute atomic E-state index is 0.563. The molecule has 0 aromatic carbocycles. The fourth-order valence-corrected chi connectivity index (χ4v) is 1.69. The Morgan fingerprint density at radius 2 is 2.33 bits per heavy atom. The quantitative estimate of drug-likeness (QED) is 0.238. The second-order valence-electron chi connectivity index (χ2n) is 3.23. The largest absolute Gasteiger partial charge is 0.339 e. The lowest BCUT2D eigenvalue weighted by molar-refractivity contribution is 0.250. The number of hydrogen-bond donors (Lipinski definition) is 2. The van der Waals surface area contributed by atoms with E-state index in [9.17, 15) is 0 Å². The van der Waals surface area contributed by atoms with Crippen LogP contribution in [0.4, 0.5) is 0 Å². The Morgan fingerprint density at radius 3 is 2.83 bits per heavy atom. The molecule has 1 atom stereocenters. The lowest BCUT2D eigenvalue weighted by Gasteiger charge is -2.35. The van der Waals surface area contributed by atoms with E-state index in [4.69, 9.17) is 5.84 Å². The molecule has 12 heavy (non-hydrogen) atoms. The summed E-state index contributed by atoms with van der Waals surface area (Å²) in [4.78, 5) is 6.31. The van der Waals surface area contributed by atoms with E-state index in [1.165, 1.54) is 19.3 Å². The fourth-order valence-electron chi connectivity index (χ4n) is 1.69. The van der Waals surface area contributed by atoms with Gasteiger partial charge < -0.3 is 4.90 Å². The minimum Gasteiger partial charge on any atom is -0.339 e. The Balaban J connectivity index is 2.58. The van der Waals surface area contributed by atoms with Crippen LogP contribution >= 0.6 is 0 Å². The van der Waals surface area contributed by atoms with E-state index >= 15 is 0 Å². The van der Waals surface area contributed by atoms with Gasteiger partial charge in [-0.2, -0.15) is 0 Å². The predicted octanol–water partition coefficient (Wildman–Crippen LogP) is 0.310. The van der Waals surface area contributed by atoms with Crippen molar-refractivity contribution in [3.63, 3.8) is 0 Å². The predicted molar refractivity (Wildman–Crippen MR) is 50.7 cm³/mol. The van der Waals surface area contributed by atoms with Crippen molar-refractivity contribution in [2.45, 2.75) is 32.2 Å². The Bertz CT molecular complexity index is 166. The molecule has 4 nitrogen and oxygen atoms in total. The van der Waals surface area contributed by atoms with Crippen LogP contribution in [0, 0.1) is 0 Å². The van der Waals surface area contributed by atoms with Gasteiger partial charge in [-0.05, 0) is 26.2 Å². The maximum Gasteiger partial charge on any atom is 0.208 e. The molecule has 0 aromatic rings. The van der Waals surface area contributed by atoms with Crippen LogP contribution in [-0.4, -0.2) is 30.5 Å². The average molecular weight is 170 g/mol. The summed E-state index contributed by atoms with van der Waals surface area (Å²) in [6.45, 7) is 3.28. The minimum atomic E-state index is 0.563. The van der Waals surface area contributed by atoms with Crippen LogP contribution in [0.1, 0.15) is 26.2 Å². The molecular formula is C8H18N4. The van der Waals surface area contributed by atoms with E-state index in [0.717, 1.165) is 12.5 Å². The molecule has 1 fully saturated rings. The van der Waals surface area contributed by atoms with E-state index in [0.29, 0.717) is 6.04 Å². The van der Waals surface area contributed by atoms with E-state index in [1.54, 1.807) is 7.05 Å². The summed E-state index contributed by atoms with van der Waals surface area (Å²) in [7, 11) is 1.76. The highest BCUT2D eigenvalue weighted by atomic mass is 15.4. The molecule has 0 aliphatic carbocycles. The summed E-state index contributed by atoms with van der Waals surface area (Å²) in [5.74, 6) is 6.16. The summed E-state index contributed by atoms with van der Waals surface area (Å²) in [6, 6.07) is 0.563. The normalized spacial score (nSPS) is 25.8. The second kappa shape index (κ2) is 4.30. The molecule has 0 saturated carbocycles. The molecule has 4 heteroatoms. The van der Waals surface area contributed by atoms with Crippen molar-refractivity contribution < 1.29 is 0 Å². The number of hydrazine groups is 1. The smallest absolute Gasteiger partial charge is 0.208 e. The molecule has 0 aromatic heterocycles. The number of aliphatic imine (C=N–C) groups is 1. The van der Waals surface area contributed by atoms with Gasteiger partial charge in [0.25, 0.3) is 0 Å². The van der Waals surface area contributed by atoms with Crippen molar-refractivity contribution in [2.24, 2.45) is 10.8 Å². The Labute approximate surface area is 73.8 Å². The molecule has 1 saturated heterocycles. The molecule has 70 valence electrons. The monoisotopic (exact) mass is 170 g/mol. The molecule has 0 radical (unpaired) electrons. The first-order valence-corrected chi connectivity index (χ1v) is 4.49. The summed E-state index contributed by atoms with van der Waals surface area (Å²) in [6.07, 6.45) is 3.80. The third-order valence-electron chi connectivity index (χ3n) is 2.42. The van der Waals surface area contributed by atoms with Crippen molar-refractivity contribution in [1.82, 2.24) is 10.3 Å². The highest BCUT2D eigenvalue weighted by Gasteiger charge is 2.20. The van der Waals surface area contributed by atoms with E-state index in [2.05, 4.69) is 22.2 Å². The van der Waals surface area contributed by atoms with Crippen LogP contribution in [0.2, 0.25) is 0 Å². The van der Waals surface area contributed by atoms with Crippen LogP contribution in [0.25, 0.3) is 0 Å². The Kier molecular flexibility index (Phi) is 3.34. The van der Waals surface area contributed by atoms with E-state index in [1.807, 2.05) is 0 Å². The van der Waals surface area contributed by atoms with Crippen LogP contribution in [0.5, 0.6) is 0 Å². The number of nitrogens with two attached hydrogens (primary N) is 1. The molecule has 3 N–H and O–H groups in total. The third kappa shape index (κ3) is 1.88. The molecule has 0 bridgehead atoms. The zero-order chi connectivity index (χ0) is 8.97. The van der Waals surface area contributed by atoms with Crippen molar-refractivity contribution in [1.29, 1.82) is 0 Å². The molecule has 0 spiro atoms. The summed E-state index contributed by atoms with van der Waals surface area (Å²) in [5.41, 5.74) is 2.63. The number of rotatable bonds is 0. The van der Waals surface area contributed by atoms with Crippen LogP contribution in [-0.2, 0) is 0 Å². The first kappa shape index (κ1) is 9.32.